The van der Waals surface area contributed by atoms with Crippen molar-refractivity contribution in [2.24, 2.45) is 5.73 Å². The van der Waals surface area contributed by atoms with E-state index < -0.39 is 0 Å². The number of ether oxygens (including phenoxy) is 1. The van der Waals surface area contributed by atoms with Gasteiger partial charge in [-0.15, -0.1) is 0 Å². The van der Waals surface area contributed by atoms with Crippen molar-refractivity contribution in [3.8, 4) is 5.75 Å². The van der Waals surface area contributed by atoms with E-state index in [-0.39, 0.29) is 0 Å². The predicted octanol–water partition coefficient (Wildman–Crippen LogP) is 4.02. The Labute approximate surface area is 112 Å². The molecule has 1 unspecified atom stereocenters. The molecule has 1 aromatic carbocycles. The molecule has 0 fully saturated rings. The molecule has 2 heteroatoms. The molecule has 0 saturated heterocycles. The second kappa shape index (κ2) is 8.15. The topological polar surface area (TPSA) is 35.2 Å². The molecule has 1 aromatic rings. The van der Waals surface area contributed by atoms with Gasteiger partial charge in [0.1, 0.15) is 5.75 Å². The van der Waals surface area contributed by atoms with Crippen LogP contribution in [0.5, 0.6) is 5.75 Å². The monoisotopic (exact) mass is 249 g/mol. The van der Waals surface area contributed by atoms with Crippen LogP contribution in [0, 0.1) is 6.92 Å². The Hall–Kier alpha value is -1.02. The molecule has 0 aliphatic heterocycles. The van der Waals surface area contributed by atoms with E-state index in [0.717, 1.165) is 31.7 Å². The lowest BCUT2D eigenvalue weighted by Gasteiger charge is -2.18. The highest BCUT2D eigenvalue weighted by atomic mass is 16.5. The summed E-state index contributed by atoms with van der Waals surface area (Å²) in [5, 5.41) is 0. The van der Waals surface area contributed by atoms with E-state index in [2.05, 4.69) is 39.0 Å². The van der Waals surface area contributed by atoms with E-state index in [1.165, 1.54) is 24.0 Å². The summed E-state index contributed by atoms with van der Waals surface area (Å²) < 4.78 is 5.67. The van der Waals surface area contributed by atoms with Crippen molar-refractivity contribution >= 4 is 0 Å². The average Bonchev–Trinajstić information content (AvgIpc) is 2.39. The minimum Gasteiger partial charge on any atom is -0.494 e. The van der Waals surface area contributed by atoms with Crippen molar-refractivity contribution < 1.29 is 4.74 Å². The second-order valence-electron chi connectivity index (χ2n) is 4.90. The lowest BCUT2D eigenvalue weighted by atomic mass is 9.89. The molecule has 2 N–H and O–H groups in total. The van der Waals surface area contributed by atoms with E-state index in [1.54, 1.807) is 0 Å². The summed E-state index contributed by atoms with van der Waals surface area (Å²) in [6.45, 7) is 8.14. The fraction of sp³-hybridized carbons (Fsp3) is 0.625. The maximum Gasteiger partial charge on any atom is 0.119 e. The molecule has 18 heavy (non-hydrogen) atoms. The Morgan fingerprint density at radius 1 is 1.28 bits per heavy atom. The molecule has 0 aliphatic rings. The predicted molar refractivity (Wildman–Crippen MR) is 78.3 cm³/mol. The highest BCUT2D eigenvalue weighted by molar-refractivity contribution is 5.36. The second-order valence-corrected chi connectivity index (χ2v) is 4.90. The summed E-state index contributed by atoms with van der Waals surface area (Å²) in [5.41, 5.74) is 8.40. The minimum absolute atomic E-state index is 0.633. The van der Waals surface area contributed by atoms with Crippen molar-refractivity contribution in [1.29, 1.82) is 0 Å². The summed E-state index contributed by atoms with van der Waals surface area (Å²) in [6.07, 6.45) is 4.51. The van der Waals surface area contributed by atoms with Crippen LogP contribution in [0.1, 0.15) is 56.6 Å². The number of hydrogen-bond donors (Lipinski definition) is 1. The standard InChI is InChI=1S/C16H27NO/c1-4-11-18-15-8-9-16(13(3)12-15)14(5-2)7-6-10-17/h8-9,12,14H,4-7,10-11,17H2,1-3H3. The van der Waals surface area contributed by atoms with E-state index in [4.69, 9.17) is 10.5 Å². The smallest absolute Gasteiger partial charge is 0.119 e. The van der Waals surface area contributed by atoms with Crippen LogP contribution < -0.4 is 10.5 Å². The largest absolute Gasteiger partial charge is 0.494 e. The number of benzene rings is 1. The normalized spacial score (nSPS) is 12.4. The number of nitrogens with two attached hydrogens (primary N) is 1. The zero-order chi connectivity index (χ0) is 13.4. The van der Waals surface area contributed by atoms with Crippen LogP contribution in [0.15, 0.2) is 18.2 Å². The van der Waals surface area contributed by atoms with Crippen LogP contribution in [-0.4, -0.2) is 13.2 Å². The molecule has 0 saturated carbocycles. The zero-order valence-electron chi connectivity index (χ0n) is 12.0. The molecule has 0 amide bonds. The van der Waals surface area contributed by atoms with Crippen LogP contribution in [0.25, 0.3) is 0 Å². The van der Waals surface area contributed by atoms with Gasteiger partial charge in [-0.25, -0.2) is 0 Å². The van der Waals surface area contributed by atoms with Gasteiger partial charge in [0.2, 0.25) is 0 Å². The van der Waals surface area contributed by atoms with Crippen molar-refractivity contribution in [3.63, 3.8) is 0 Å². The molecule has 2 nitrogen and oxygen atoms in total. The van der Waals surface area contributed by atoms with Gasteiger partial charge in [0.15, 0.2) is 0 Å². The third kappa shape index (κ3) is 4.34. The molecule has 0 aromatic heterocycles. The first kappa shape index (κ1) is 15.0. The average molecular weight is 249 g/mol. The Morgan fingerprint density at radius 2 is 2.06 bits per heavy atom. The molecule has 1 rings (SSSR count). The Morgan fingerprint density at radius 3 is 2.61 bits per heavy atom. The van der Waals surface area contributed by atoms with Crippen molar-refractivity contribution in [2.45, 2.75) is 52.4 Å². The van der Waals surface area contributed by atoms with E-state index in [1.807, 2.05) is 0 Å². The number of aryl methyl sites for hydroxylation is 1. The zero-order valence-corrected chi connectivity index (χ0v) is 12.0. The van der Waals surface area contributed by atoms with Crippen LogP contribution in [0.4, 0.5) is 0 Å². The van der Waals surface area contributed by atoms with Crippen molar-refractivity contribution in [2.75, 3.05) is 13.2 Å². The molecule has 0 spiro atoms. The molecule has 0 radical (unpaired) electrons. The van der Waals surface area contributed by atoms with Crippen molar-refractivity contribution in [3.05, 3.63) is 29.3 Å². The summed E-state index contributed by atoms with van der Waals surface area (Å²) in [5.74, 6) is 1.63. The third-order valence-electron chi connectivity index (χ3n) is 3.40. The molecule has 0 bridgehead atoms. The fourth-order valence-electron chi connectivity index (χ4n) is 2.36. The van der Waals surface area contributed by atoms with Gasteiger partial charge in [0, 0.05) is 0 Å². The van der Waals surface area contributed by atoms with E-state index >= 15 is 0 Å². The van der Waals surface area contributed by atoms with E-state index in [0.29, 0.717) is 5.92 Å². The quantitative estimate of drug-likeness (QED) is 0.755. The Balaban J connectivity index is 2.75. The van der Waals surface area contributed by atoms with Gasteiger partial charge in [0.25, 0.3) is 0 Å². The van der Waals surface area contributed by atoms with Gasteiger partial charge in [-0.1, -0.05) is 19.9 Å². The van der Waals surface area contributed by atoms with Gasteiger partial charge in [-0.3, -0.25) is 0 Å². The van der Waals surface area contributed by atoms with E-state index in [9.17, 15) is 0 Å². The molecule has 0 heterocycles. The molecule has 102 valence electrons. The summed E-state index contributed by atoms with van der Waals surface area (Å²) in [7, 11) is 0. The summed E-state index contributed by atoms with van der Waals surface area (Å²) in [4.78, 5) is 0. The maximum atomic E-state index is 5.67. The summed E-state index contributed by atoms with van der Waals surface area (Å²) in [6, 6.07) is 6.49. The Kier molecular flexibility index (Phi) is 6.81. The van der Waals surface area contributed by atoms with Gasteiger partial charge >= 0.3 is 0 Å². The van der Waals surface area contributed by atoms with Gasteiger partial charge in [-0.2, -0.15) is 0 Å². The van der Waals surface area contributed by atoms with Crippen molar-refractivity contribution in [1.82, 2.24) is 0 Å². The highest BCUT2D eigenvalue weighted by Crippen LogP contribution is 2.29. The summed E-state index contributed by atoms with van der Waals surface area (Å²) >= 11 is 0. The molecular weight excluding hydrogens is 222 g/mol. The minimum atomic E-state index is 0.633. The fourth-order valence-corrected chi connectivity index (χ4v) is 2.36. The first-order valence-corrected chi connectivity index (χ1v) is 7.16. The first-order chi connectivity index (χ1) is 8.72. The van der Waals surface area contributed by atoms with Crippen LogP contribution >= 0.6 is 0 Å². The highest BCUT2D eigenvalue weighted by Gasteiger charge is 2.12. The SMILES string of the molecule is CCCOc1ccc(C(CC)CCCN)c(C)c1. The lowest BCUT2D eigenvalue weighted by Crippen LogP contribution is -2.05. The maximum absolute atomic E-state index is 5.67. The van der Waals surface area contributed by atoms with Crippen LogP contribution in [-0.2, 0) is 0 Å². The third-order valence-corrected chi connectivity index (χ3v) is 3.40. The number of hydrogen-bond acceptors (Lipinski definition) is 2. The number of rotatable bonds is 8. The molecule has 1 atom stereocenters. The molecule has 0 aliphatic carbocycles. The van der Waals surface area contributed by atoms with Crippen LogP contribution in [0.3, 0.4) is 0 Å². The van der Waals surface area contributed by atoms with Gasteiger partial charge < -0.3 is 10.5 Å². The van der Waals surface area contributed by atoms with Gasteiger partial charge in [0.05, 0.1) is 6.61 Å². The van der Waals surface area contributed by atoms with Crippen LogP contribution in [0.2, 0.25) is 0 Å². The van der Waals surface area contributed by atoms with Gasteiger partial charge in [-0.05, 0) is 68.3 Å². The Bertz CT molecular complexity index is 349. The molecular formula is C16H27NO. The lowest BCUT2D eigenvalue weighted by molar-refractivity contribution is 0.317. The first-order valence-electron chi connectivity index (χ1n) is 7.16.